The maximum atomic E-state index is 14.1. The highest BCUT2D eigenvalue weighted by Gasteiger charge is 2.31. The maximum Gasteiger partial charge on any atom is 0.416 e. The third kappa shape index (κ3) is 3.91. The molecule has 6 nitrogen and oxygen atoms in total. The quantitative estimate of drug-likeness (QED) is 0.475. The number of aromatic nitrogens is 4. The molecule has 0 radical (unpaired) electrons. The Hall–Kier alpha value is -3.95. The van der Waals surface area contributed by atoms with Gasteiger partial charge in [-0.2, -0.15) is 23.4 Å². The van der Waals surface area contributed by atoms with E-state index in [4.69, 9.17) is 0 Å². The number of benzene rings is 2. The lowest BCUT2D eigenvalue weighted by Gasteiger charge is -2.14. The first kappa shape index (κ1) is 20.3. The third-order valence-electron chi connectivity index (χ3n) is 4.66. The number of anilines is 1. The monoisotopic (exact) mass is 429 g/mol. The predicted octanol–water partition coefficient (Wildman–Crippen LogP) is 4.78. The summed E-state index contributed by atoms with van der Waals surface area (Å²) in [4.78, 5) is 12.9. The van der Waals surface area contributed by atoms with Gasteiger partial charge in [0.05, 0.1) is 34.4 Å². The molecule has 1 amide bonds. The van der Waals surface area contributed by atoms with Gasteiger partial charge >= 0.3 is 6.18 Å². The fourth-order valence-electron chi connectivity index (χ4n) is 3.11. The smallest absolute Gasteiger partial charge is 0.320 e. The summed E-state index contributed by atoms with van der Waals surface area (Å²) in [5.41, 5.74) is -0.179. The molecule has 4 rings (SSSR count). The van der Waals surface area contributed by atoms with E-state index in [1.165, 1.54) is 46.0 Å². The van der Waals surface area contributed by atoms with Crippen molar-refractivity contribution in [2.24, 2.45) is 0 Å². The average molecular weight is 429 g/mol. The Morgan fingerprint density at radius 2 is 1.81 bits per heavy atom. The topological polar surface area (TPSA) is 64.7 Å². The van der Waals surface area contributed by atoms with Gasteiger partial charge in [-0.05, 0) is 43.3 Å². The molecule has 0 bridgehead atoms. The summed E-state index contributed by atoms with van der Waals surface area (Å²) < 4.78 is 56.3. The molecule has 158 valence electrons. The highest BCUT2D eigenvalue weighted by atomic mass is 19.4. The van der Waals surface area contributed by atoms with E-state index in [-0.39, 0.29) is 22.6 Å². The highest BCUT2D eigenvalue weighted by Crippen LogP contribution is 2.33. The predicted molar refractivity (Wildman–Crippen MR) is 105 cm³/mol. The molecule has 0 atom stereocenters. The van der Waals surface area contributed by atoms with Crippen LogP contribution in [0.5, 0.6) is 0 Å². The van der Waals surface area contributed by atoms with Gasteiger partial charge in [0.15, 0.2) is 0 Å². The summed E-state index contributed by atoms with van der Waals surface area (Å²) >= 11 is 0. The molecule has 2 heterocycles. The molecular weight excluding hydrogens is 414 g/mol. The number of nitrogens with one attached hydrogen (secondary N) is 1. The first-order chi connectivity index (χ1) is 14.8. The van der Waals surface area contributed by atoms with Crippen molar-refractivity contribution in [2.75, 3.05) is 5.32 Å². The molecule has 2 aromatic carbocycles. The number of hydrogen-bond donors (Lipinski definition) is 1. The van der Waals surface area contributed by atoms with Crippen molar-refractivity contribution in [1.82, 2.24) is 19.6 Å². The van der Waals surface area contributed by atoms with Crippen molar-refractivity contribution < 1.29 is 22.4 Å². The summed E-state index contributed by atoms with van der Waals surface area (Å²) in [6.45, 7) is 1.56. The number of rotatable bonds is 4. The zero-order chi connectivity index (χ0) is 22.2. The number of para-hydroxylation sites is 1. The van der Waals surface area contributed by atoms with Crippen LogP contribution in [0, 0.1) is 12.7 Å². The number of nitrogens with zero attached hydrogens (tertiary/aromatic N) is 4. The number of amides is 1. The molecule has 0 aliphatic heterocycles. The number of alkyl halides is 3. The van der Waals surface area contributed by atoms with Gasteiger partial charge in [0, 0.05) is 12.4 Å². The van der Waals surface area contributed by atoms with E-state index in [0.717, 1.165) is 12.1 Å². The first-order valence-corrected chi connectivity index (χ1v) is 9.08. The average Bonchev–Trinajstić information content (AvgIpc) is 3.38. The Bertz CT molecular complexity index is 1250. The Kier molecular flexibility index (Phi) is 5.05. The van der Waals surface area contributed by atoms with Crippen LogP contribution < -0.4 is 5.32 Å². The third-order valence-corrected chi connectivity index (χ3v) is 4.66. The van der Waals surface area contributed by atoms with Crippen LogP contribution in [0.1, 0.15) is 21.6 Å². The second kappa shape index (κ2) is 7.71. The number of carbonyl (C=O) groups excluding carboxylic acids is 1. The van der Waals surface area contributed by atoms with Crippen LogP contribution in [0.15, 0.2) is 67.1 Å². The summed E-state index contributed by atoms with van der Waals surface area (Å²) in [5.74, 6) is -1.22. The molecule has 0 saturated heterocycles. The standard InChI is InChI=1S/C21H15F4N5O/c1-13-15(12-27-30(13)18-6-3-2-5-16(18)22)20(31)28-17-11-14(21(23,24)25)7-8-19(17)29-10-4-9-26-29/h2-12H,1H3,(H,28,31). The second-order valence-electron chi connectivity index (χ2n) is 6.64. The van der Waals surface area contributed by atoms with Crippen molar-refractivity contribution in [3.05, 3.63) is 89.8 Å². The molecule has 0 unspecified atom stereocenters. The second-order valence-corrected chi connectivity index (χ2v) is 6.64. The normalized spacial score (nSPS) is 11.5. The molecule has 2 aromatic heterocycles. The van der Waals surface area contributed by atoms with Crippen LogP contribution in [0.25, 0.3) is 11.4 Å². The van der Waals surface area contributed by atoms with Gasteiger partial charge in [0.2, 0.25) is 0 Å². The lowest BCUT2D eigenvalue weighted by molar-refractivity contribution is -0.137. The number of halogens is 4. The van der Waals surface area contributed by atoms with Crippen molar-refractivity contribution in [2.45, 2.75) is 13.1 Å². The van der Waals surface area contributed by atoms with E-state index in [9.17, 15) is 22.4 Å². The number of carbonyl (C=O) groups is 1. The molecular formula is C21H15F4N5O. The Balaban J connectivity index is 1.71. The van der Waals surface area contributed by atoms with Crippen molar-refractivity contribution in [1.29, 1.82) is 0 Å². The Labute approximate surface area is 173 Å². The van der Waals surface area contributed by atoms with E-state index in [1.807, 2.05) is 0 Å². The Morgan fingerprint density at radius 3 is 2.48 bits per heavy atom. The van der Waals surface area contributed by atoms with Crippen LogP contribution in [0.2, 0.25) is 0 Å². The van der Waals surface area contributed by atoms with Crippen LogP contribution in [-0.2, 0) is 6.18 Å². The van der Waals surface area contributed by atoms with Gasteiger partial charge in [-0.15, -0.1) is 0 Å². The minimum atomic E-state index is -4.59. The van der Waals surface area contributed by atoms with Gasteiger partial charge in [-0.3, -0.25) is 4.79 Å². The summed E-state index contributed by atoms with van der Waals surface area (Å²) in [6.07, 6.45) is -0.350. The Morgan fingerprint density at radius 1 is 1.03 bits per heavy atom. The van der Waals surface area contributed by atoms with Crippen molar-refractivity contribution >= 4 is 11.6 Å². The molecule has 0 aliphatic rings. The number of hydrogen-bond acceptors (Lipinski definition) is 3. The van der Waals surface area contributed by atoms with Crippen LogP contribution >= 0.6 is 0 Å². The van der Waals surface area contributed by atoms with Crippen LogP contribution in [0.4, 0.5) is 23.2 Å². The molecule has 31 heavy (non-hydrogen) atoms. The lowest BCUT2D eigenvalue weighted by atomic mass is 10.1. The summed E-state index contributed by atoms with van der Waals surface area (Å²) in [5, 5.41) is 10.6. The van der Waals surface area contributed by atoms with E-state index in [1.54, 1.807) is 25.3 Å². The summed E-state index contributed by atoms with van der Waals surface area (Å²) in [6, 6.07) is 10.5. The molecule has 0 saturated carbocycles. The zero-order valence-electron chi connectivity index (χ0n) is 16.1. The summed E-state index contributed by atoms with van der Waals surface area (Å²) in [7, 11) is 0. The van der Waals surface area contributed by atoms with Crippen LogP contribution in [-0.4, -0.2) is 25.5 Å². The van der Waals surface area contributed by atoms with E-state index in [2.05, 4.69) is 15.5 Å². The molecule has 10 heteroatoms. The van der Waals surface area contributed by atoms with Gasteiger partial charge < -0.3 is 5.32 Å². The SMILES string of the molecule is Cc1c(C(=O)Nc2cc(C(F)(F)F)ccc2-n2cccn2)cnn1-c1ccccc1F. The molecule has 1 N–H and O–H groups in total. The zero-order valence-corrected chi connectivity index (χ0v) is 16.1. The molecule has 0 fully saturated rings. The lowest BCUT2D eigenvalue weighted by Crippen LogP contribution is -2.16. The van der Waals surface area contributed by atoms with Crippen molar-refractivity contribution in [3.63, 3.8) is 0 Å². The fourth-order valence-corrected chi connectivity index (χ4v) is 3.11. The largest absolute Gasteiger partial charge is 0.416 e. The minimum Gasteiger partial charge on any atom is -0.320 e. The molecule has 0 aliphatic carbocycles. The minimum absolute atomic E-state index is 0.0819. The molecule has 0 spiro atoms. The van der Waals surface area contributed by atoms with E-state index < -0.39 is 23.5 Å². The maximum absolute atomic E-state index is 14.1. The van der Waals surface area contributed by atoms with Gasteiger partial charge in [0.1, 0.15) is 11.5 Å². The highest BCUT2D eigenvalue weighted by molar-refractivity contribution is 6.06. The van der Waals surface area contributed by atoms with Gasteiger partial charge in [0.25, 0.3) is 5.91 Å². The van der Waals surface area contributed by atoms with Gasteiger partial charge in [-0.1, -0.05) is 12.1 Å². The van der Waals surface area contributed by atoms with Crippen molar-refractivity contribution in [3.8, 4) is 11.4 Å². The van der Waals surface area contributed by atoms with E-state index >= 15 is 0 Å². The molecule has 4 aromatic rings. The van der Waals surface area contributed by atoms with E-state index in [0.29, 0.717) is 5.69 Å². The van der Waals surface area contributed by atoms with Gasteiger partial charge in [-0.25, -0.2) is 13.8 Å². The van der Waals surface area contributed by atoms with Crippen LogP contribution in [0.3, 0.4) is 0 Å². The fraction of sp³-hybridized carbons (Fsp3) is 0.0952. The first-order valence-electron chi connectivity index (χ1n) is 9.08.